The lowest BCUT2D eigenvalue weighted by molar-refractivity contribution is 0.0579. The lowest BCUT2D eigenvalue weighted by Gasteiger charge is -2.39. The molecule has 1 aliphatic rings. The molecule has 0 aliphatic carbocycles. The number of hydrogen-bond donors (Lipinski definition) is 0. The number of rotatable bonds is 4. The average molecular weight is 261 g/mol. The summed E-state index contributed by atoms with van der Waals surface area (Å²) in [5.74, 6) is 0.911. The van der Waals surface area contributed by atoms with Crippen molar-refractivity contribution >= 4 is 5.78 Å². The van der Waals surface area contributed by atoms with Gasteiger partial charge in [0.25, 0.3) is 0 Å². The van der Waals surface area contributed by atoms with Gasteiger partial charge in [0.05, 0.1) is 12.6 Å². The topological polar surface area (TPSA) is 29.5 Å². The quantitative estimate of drug-likeness (QED) is 0.780. The van der Waals surface area contributed by atoms with Crippen molar-refractivity contribution in [3.8, 4) is 5.75 Å². The van der Waals surface area contributed by atoms with Crippen LogP contribution in [0.5, 0.6) is 5.75 Å². The summed E-state index contributed by atoms with van der Waals surface area (Å²) in [6.07, 6.45) is 3.66. The lowest BCUT2D eigenvalue weighted by atomic mass is 9.89. The number of piperidine rings is 1. The van der Waals surface area contributed by atoms with Crippen molar-refractivity contribution in [2.45, 2.75) is 38.6 Å². The Hall–Kier alpha value is -1.35. The monoisotopic (exact) mass is 261 g/mol. The van der Waals surface area contributed by atoms with E-state index in [0.29, 0.717) is 0 Å². The van der Waals surface area contributed by atoms with Crippen molar-refractivity contribution in [3.05, 3.63) is 29.8 Å². The van der Waals surface area contributed by atoms with Crippen molar-refractivity contribution in [3.63, 3.8) is 0 Å². The Kier molecular flexibility index (Phi) is 4.25. The van der Waals surface area contributed by atoms with Crippen LogP contribution in [0.1, 0.15) is 43.5 Å². The number of benzene rings is 1. The molecular weight excluding hydrogens is 238 g/mol. The molecule has 1 aromatic carbocycles. The highest BCUT2D eigenvalue weighted by molar-refractivity contribution is 6.03. The fourth-order valence-electron chi connectivity index (χ4n) is 2.71. The maximum atomic E-state index is 12.7. The smallest absolute Gasteiger partial charge is 0.182 e. The molecule has 0 atom stereocenters. The Balaban J connectivity index is 2.20. The van der Waals surface area contributed by atoms with Gasteiger partial charge in [-0.2, -0.15) is 0 Å². The number of hydrogen-bond acceptors (Lipinski definition) is 3. The van der Waals surface area contributed by atoms with Gasteiger partial charge >= 0.3 is 0 Å². The zero-order valence-corrected chi connectivity index (χ0v) is 12.1. The maximum absolute atomic E-state index is 12.7. The first-order valence-corrected chi connectivity index (χ1v) is 6.99. The van der Waals surface area contributed by atoms with Gasteiger partial charge in [0, 0.05) is 5.56 Å². The Bertz CT molecular complexity index is 448. The normalized spacial score (nSPS) is 17.2. The van der Waals surface area contributed by atoms with E-state index in [1.54, 1.807) is 7.11 Å². The molecule has 0 unspecified atom stereocenters. The van der Waals surface area contributed by atoms with E-state index in [-0.39, 0.29) is 5.78 Å². The number of likely N-dealkylation sites (tertiary alicyclic amines) is 1. The molecule has 1 heterocycles. The molecular formula is C16H23NO2. The second-order valence-electron chi connectivity index (χ2n) is 5.67. The van der Waals surface area contributed by atoms with E-state index in [9.17, 15) is 4.79 Å². The van der Waals surface area contributed by atoms with Crippen LogP contribution in [0.4, 0.5) is 0 Å². The molecule has 104 valence electrons. The van der Waals surface area contributed by atoms with E-state index >= 15 is 0 Å². The summed E-state index contributed by atoms with van der Waals surface area (Å²) in [6, 6.07) is 7.44. The third kappa shape index (κ3) is 2.98. The highest BCUT2D eigenvalue weighted by atomic mass is 16.5. The highest BCUT2D eigenvalue weighted by Gasteiger charge is 2.35. The van der Waals surface area contributed by atoms with Gasteiger partial charge in [-0.05, 0) is 51.9 Å². The van der Waals surface area contributed by atoms with Crippen molar-refractivity contribution in [2.24, 2.45) is 0 Å². The predicted octanol–water partition coefficient (Wildman–Crippen LogP) is 3.14. The zero-order chi connectivity index (χ0) is 13.9. The van der Waals surface area contributed by atoms with Crippen LogP contribution >= 0.6 is 0 Å². The van der Waals surface area contributed by atoms with Crippen molar-refractivity contribution < 1.29 is 9.53 Å². The number of carbonyl (C=O) groups is 1. The van der Waals surface area contributed by atoms with Crippen LogP contribution < -0.4 is 4.74 Å². The van der Waals surface area contributed by atoms with Crippen molar-refractivity contribution in [2.75, 3.05) is 20.2 Å². The van der Waals surface area contributed by atoms with Gasteiger partial charge < -0.3 is 4.74 Å². The number of ether oxygens (including phenoxy) is 1. The molecule has 2 rings (SSSR count). The fourth-order valence-corrected chi connectivity index (χ4v) is 2.71. The molecule has 0 bridgehead atoms. The van der Waals surface area contributed by atoms with Gasteiger partial charge in [-0.1, -0.05) is 18.6 Å². The summed E-state index contributed by atoms with van der Waals surface area (Å²) in [7, 11) is 1.62. The second kappa shape index (κ2) is 5.74. The van der Waals surface area contributed by atoms with E-state index in [0.717, 1.165) is 24.4 Å². The number of ketones is 1. The fraction of sp³-hybridized carbons (Fsp3) is 0.562. The SMILES string of the molecule is COc1cccc(C(=O)C(C)(C)N2CCCCC2)c1. The van der Waals surface area contributed by atoms with Crippen LogP contribution in [0.15, 0.2) is 24.3 Å². The molecule has 3 nitrogen and oxygen atoms in total. The Morgan fingerprint density at radius 3 is 2.53 bits per heavy atom. The molecule has 0 radical (unpaired) electrons. The van der Waals surface area contributed by atoms with Gasteiger partial charge in [0.2, 0.25) is 0 Å². The van der Waals surface area contributed by atoms with Gasteiger partial charge in [-0.3, -0.25) is 9.69 Å². The number of nitrogens with zero attached hydrogens (tertiary/aromatic N) is 1. The van der Waals surface area contributed by atoms with Crippen molar-refractivity contribution in [1.29, 1.82) is 0 Å². The van der Waals surface area contributed by atoms with Gasteiger partial charge in [-0.25, -0.2) is 0 Å². The molecule has 1 aliphatic heterocycles. The number of carbonyl (C=O) groups excluding carboxylic acids is 1. The summed E-state index contributed by atoms with van der Waals surface area (Å²) < 4.78 is 5.20. The van der Waals surface area contributed by atoms with E-state index in [1.807, 2.05) is 38.1 Å². The highest BCUT2D eigenvalue weighted by Crippen LogP contribution is 2.25. The van der Waals surface area contributed by atoms with Crippen LogP contribution in [0, 0.1) is 0 Å². The molecule has 0 spiro atoms. The van der Waals surface area contributed by atoms with Gasteiger partial charge in [-0.15, -0.1) is 0 Å². The summed E-state index contributed by atoms with van der Waals surface area (Å²) in [5.41, 5.74) is 0.294. The van der Waals surface area contributed by atoms with Crippen LogP contribution in [-0.4, -0.2) is 36.4 Å². The first kappa shape index (κ1) is 14.1. The Labute approximate surface area is 115 Å². The molecule has 1 saturated heterocycles. The Morgan fingerprint density at radius 2 is 1.89 bits per heavy atom. The predicted molar refractivity (Wildman–Crippen MR) is 76.8 cm³/mol. The van der Waals surface area contributed by atoms with Crippen LogP contribution in [0.3, 0.4) is 0 Å². The van der Waals surface area contributed by atoms with E-state index in [1.165, 1.54) is 19.3 Å². The minimum absolute atomic E-state index is 0.174. The third-order valence-electron chi connectivity index (χ3n) is 4.03. The summed E-state index contributed by atoms with van der Waals surface area (Å²) >= 11 is 0. The second-order valence-corrected chi connectivity index (χ2v) is 5.67. The minimum atomic E-state index is -0.438. The average Bonchev–Trinajstić information content (AvgIpc) is 2.47. The van der Waals surface area contributed by atoms with E-state index in [4.69, 9.17) is 4.74 Å². The Morgan fingerprint density at radius 1 is 1.21 bits per heavy atom. The molecule has 0 aromatic heterocycles. The largest absolute Gasteiger partial charge is 0.497 e. The summed E-state index contributed by atoms with van der Waals surface area (Å²) in [4.78, 5) is 15.0. The zero-order valence-electron chi connectivity index (χ0n) is 12.1. The maximum Gasteiger partial charge on any atom is 0.182 e. The lowest BCUT2D eigenvalue weighted by Crippen LogP contribution is -2.52. The molecule has 19 heavy (non-hydrogen) atoms. The molecule has 1 aromatic rings. The van der Waals surface area contributed by atoms with E-state index in [2.05, 4.69) is 4.90 Å². The molecule has 0 amide bonds. The minimum Gasteiger partial charge on any atom is -0.497 e. The first-order valence-electron chi connectivity index (χ1n) is 6.99. The molecule has 3 heteroatoms. The van der Waals surface area contributed by atoms with E-state index < -0.39 is 5.54 Å². The standard InChI is InChI=1S/C16H23NO2/c1-16(2,17-10-5-4-6-11-17)15(18)13-8-7-9-14(12-13)19-3/h7-9,12H,4-6,10-11H2,1-3H3. The molecule has 0 N–H and O–H groups in total. The van der Waals surface area contributed by atoms with Gasteiger partial charge in [0.1, 0.15) is 5.75 Å². The third-order valence-corrected chi connectivity index (χ3v) is 4.03. The number of Topliss-reactive ketones (excluding diaryl/α,β-unsaturated/α-hetero) is 1. The molecule has 0 saturated carbocycles. The van der Waals surface area contributed by atoms with Crippen LogP contribution in [-0.2, 0) is 0 Å². The van der Waals surface area contributed by atoms with Crippen molar-refractivity contribution in [1.82, 2.24) is 4.90 Å². The van der Waals surface area contributed by atoms with Crippen LogP contribution in [0.2, 0.25) is 0 Å². The number of methoxy groups -OCH3 is 1. The summed E-state index contributed by atoms with van der Waals surface area (Å²) in [5, 5.41) is 0. The molecule has 1 fully saturated rings. The summed E-state index contributed by atoms with van der Waals surface area (Å²) in [6.45, 7) is 6.09. The van der Waals surface area contributed by atoms with Crippen LogP contribution in [0.25, 0.3) is 0 Å². The first-order chi connectivity index (χ1) is 9.05. The van der Waals surface area contributed by atoms with Gasteiger partial charge in [0.15, 0.2) is 5.78 Å².